The molecule has 0 amide bonds. The van der Waals surface area contributed by atoms with Crippen molar-refractivity contribution in [3.8, 4) is 0 Å². The van der Waals surface area contributed by atoms with Crippen molar-refractivity contribution < 1.29 is 0 Å². The minimum absolute atomic E-state index is 0.180. The number of halogens is 1. The van der Waals surface area contributed by atoms with Gasteiger partial charge in [0.2, 0.25) is 0 Å². The van der Waals surface area contributed by atoms with Gasteiger partial charge in [0.1, 0.15) is 0 Å². The fourth-order valence-corrected chi connectivity index (χ4v) is 2.05. The fraction of sp³-hybridized carbons (Fsp3) is 0.300. The first-order valence-electron chi connectivity index (χ1n) is 3.92. The third kappa shape index (κ3) is 1.05. The highest BCUT2D eigenvalue weighted by molar-refractivity contribution is 9.10. The van der Waals surface area contributed by atoms with Crippen LogP contribution in [0.15, 0.2) is 28.7 Å². The van der Waals surface area contributed by atoms with E-state index in [0.717, 1.165) is 22.9 Å². The minimum atomic E-state index is -0.180. The van der Waals surface area contributed by atoms with Crippen LogP contribution >= 0.6 is 15.9 Å². The van der Waals surface area contributed by atoms with E-state index in [0.29, 0.717) is 0 Å². The Morgan fingerprint density at radius 3 is 2.50 bits per heavy atom. The van der Waals surface area contributed by atoms with Crippen molar-refractivity contribution in [2.75, 3.05) is 0 Å². The molecule has 1 nitrogen and oxygen atoms in total. The lowest BCUT2D eigenvalue weighted by Gasteiger charge is -2.03. The summed E-state index contributed by atoms with van der Waals surface area (Å²) in [5.74, 6) is 0. The minimum Gasteiger partial charge on any atom is -0.305 e. The van der Waals surface area contributed by atoms with Crippen LogP contribution in [-0.2, 0) is 5.54 Å². The molecule has 0 aromatic heterocycles. The highest BCUT2D eigenvalue weighted by Crippen LogP contribution is 2.51. The van der Waals surface area contributed by atoms with Crippen LogP contribution in [0.1, 0.15) is 18.4 Å². The second-order valence-electron chi connectivity index (χ2n) is 3.12. The highest BCUT2D eigenvalue weighted by atomic mass is 79.9. The molecule has 1 aromatic carbocycles. The van der Waals surface area contributed by atoms with Crippen LogP contribution in [0.2, 0.25) is 0 Å². The molecular weight excluding hydrogens is 214 g/mol. The van der Waals surface area contributed by atoms with E-state index in [1.165, 1.54) is 0 Å². The SMILES string of the molecule is [C-]#[N+]C1(c2ccccc2Br)CC1. The van der Waals surface area contributed by atoms with Gasteiger partial charge in [-0.1, -0.05) is 28.1 Å². The Bertz CT molecular complexity index is 347. The van der Waals surface area contributed by atoms with Gasteiger partial charge in [-0.15, -0.1) is 0 Å². The van der Waals surface area contributed by atoms with E-state index < -0.39 is 0 Å². The zero-order valence-corrected chi connectivity index (χ0v) is 8.13. The summed E-state index contributed by atoms with van der Waals surface area (Å²) in [5.41, 5.74) is 0.972. The molecule has 1 aromatic rings. The van der Waals surface area contributed by atoms with Gasteiger partial charge in [0.15, 0.2) is 0 Å². The molecule has 12 heavy (non-hydrogen) atoms. The summed E-state index contributed by atoms with van der Waals surface area (Å²) in [6.07, 6.45) is 2.03. The van der Waals surface area contributed by atoms with Gasteiger partial charge in [-0.2, -0.15) is 0 Å². The highest BCUT2D eigenvalue weighted by Gasteiger charge is 2.53. The Morgan fingerprint density at radius 1 is 1.33 bits per heavy atom. The monoisotopic (exact) mass is 221 g/mol. The quantitative estimate of drug-likeness (QED) is 0.641. The predicted molar refractivity (Wildman–Crippen MR) is 51.7 cm³/mol. The first kappa shape index (κ1) is 7.82. The van der Waals surface area contributed by atoms with Gasteiger partial charge in [-0.25, -0.2) is 6.57 Å². The van der Waals surface area contributed by atoms with Gasteiger partial charge in [0, 0.05) is 17.3 Å². The van der Waals surface area contributed by atoms with Crippen molar-refractivity contribution in [3.05, 3.63) is 45.7 Å². The molecular formula is C10H8BrN. The molecule has 0 spiro atoms. The van der Waals surface area contributed by atoms with Crippen molar-refractivity contribution >= 4 is 15.9 Å². The van der Waals surface area contributed by atoms with Gasteiger partial charge in [0.25, 0.3) is 5.54 Å². The van der Waals surface area contributed by atoms with Crippen LogP contribution in [0.5, 0.6) is 0 Å². The lowest BCUT2D eigenvalue weighted by Crippen LogP contribution is -1.99. The van der Waals surface area contributed by atoms with E-state index in [4.69, 9.17) is 6.57 Å². The van der Waals surface area contributed by atoms with E-state index in [1.54, 1.807) is 0 Å². The lowest BCUT2D eigenvalue weighted by molar-refractivity contribution is 0.877. The topological polar surface area (TPSA) is 4.36 Å². The first-order chi connectivity index (χ1) is 5.78. The molecule has 60 valence electrons. The molecule has 0 aliphatic heterocycles. The third-order valence-corrected chi connectivity index (χ3v) is 3.00. The number of benzene rings is 1. The van der Waals surface area contributed by atoms with E-state index in [2.05, 4.69) is 20.8 Å². The summed E-state index contributed by atoms with van der Waals surface area (Å²) < 4.78 is 1.07. The molecule has 1 saturated carbocycles. The Balaban J connectivity index is 2.48. The average Bonchev–Trinajstić information content (AvgIpc) is 2.86. The molecule has 0 atom stereocenters. The Kier molecular flexibility index (Phi) is 1.69. The summed E-state index contributed by atoms with van der Waals surface area (Å²) in [7, 11) is 0. The lowest BCUT2D eigenvalue weighted by atomic mass is 10.1. The maximum absolute atomic E-state index is 7.11. The number of nitrogens with zero attached hydrogens (tertiary/aromatic N) is 1. The standard InChI is InChI=1S/C10H8BrN/c1-12-10(6-7-10)8-4-2-3-5-9(8)11/h2-5H,6-7H2. The molecule has 0 N–H and O–H groups in total. The average molecular weight is 222 g/mol. The summed E-state index contributed by atoms with van der Waals surface area (Å²) in [6, 6.07) is 8.01. The van der Waals surface area contributed by atoms with Crippen LogP contribution in [-0.4, -0.2) is 0 Å². The van der Waals surface area contributed by atoms with E-state index in [1.807, 2.05) is 24.3 Å². The Morgan fingerprint density at radius 2 is 2.00 bits per heavy atom. The van der Waals surface area contributed by atoms with Gasteiger partial charge >= 0.3 is 0 Å². The third-order valence-electron chi connectivity index (χ3n) is 2.31. The molecule has 0 unspecified atom stereocenters. The van der Waals surface area contributed by atoms with Gasteiger partial charge in [-0.3, -0.25) is 0 Å². The second-order valence-corrected chi connectivity index (χ2v) is 3.98. The summed E-state index contributed by atoms with van der Waals surface area (Å²) >= 11 is 3.47. The van der Waals surface area contributed by atoms with E-state index in [-0.39, 0.29) is 5.54 Å². The van der Waals surface area contributed by atoms with Gasteiger partial charge < -0.3 is 4.85 Å². The van der Waals surface area contributed by atoms with Crippen LogP contribution in [0.4, 0.5) is 0 Å². The molecule has 0 saturated heterocycles. The van der Waals surface area contributed by atoms with Crippen LogP contribution in [0.25, 0.3) is 4.85 Å². The first-order valence-corrected chi connectivity index (χ1v) is 4.71. The van der Waals surface area contributed by atoms with Gasteiger partial charge in [0.05, 0.1) is 5.56 Å². The van der Waals surface area contributed by atoms with Crippen molar-refractivity contribution in [3.63, 3.8) is 0 Å². The Labute approximate surface area is 80.4 Å². The Hall–Kier alpha value is -0.810. The zero-order valence-electron chi connectivity index (χ0n) is 6.55. The molecule has 2 rings (SSSR count). The largest absolute Gasteiger partial charge is 0.305 e. The molecule has 1 fully saturated rings. The van der Waals surface area contributed by atoms with E-state index in [9.17, 15) is 0 Å². The predicted octanol–water partition coefficient (Wildman–Crippen LogP) is 3.36. The summed E-state index contributed by atoms with van der Waals surface area (Å²) in [5, 5.41) is 0. The van der Waals surface area contributed by atoms with E-state index >= 15 is 0 Å². The van der Waals surface area contributed by atoms with Crippen LogP contribution < -0.4 is 0 Å². The fourth-order valence-electron chi connectivity index (χ4n) is 1.40. The van der Waals surface area contributed by atoms with Crippen molar-refractivity contribution in [2.24, 2.45) is 0 Å². The van der Waals surface area contributed by atoms with Crippen molar-refractivity contribution in [1.82, 2.24) is 0 Å². The van der Waals surface area contributed by atoms with Crippen LogP contribution in [0.3, 0.4) is 0 Å². The van der Waals surface area contributed by atoms with Crippen molar-refractivity contribution in [1.29, 1.82) is 0 Å². The molecule has 2 heteroatoms. The smallest absolute Gasteiger partial charge is 0.259 e. The number of hydrogen-bond donors (Lipinski definition) is 0. The maximum Gasteiger partial charge on any atom is 0.259 e. The zero-order chi connectivity index (χ0) is 8.60. The van der Waals surface area contributed by atoms with Crippen LogP contribution in [0, 0.1) is 6.57 Å². The molecule has 0 radical (unpaired) electrons. The summed E-state index contributed by atoms with van der Waals surface area (Å²) in [4.78, 5) is 3.68. The molecule has 0 bridgehead atoms. The second kappa shape index (κ2) is 2.60. The van der Waals surface area contributed by atoms with Gasteiger partial charge in [-0.05, 0) is 12.1 Å². The van der Waals surface area contributed by atoms with Crippen molar-refractivity contribution in [2.45, 2.75) is 18.4 Å². The molecule has 1 aliphatic carbocycles. The summed E-state index contributed by atoms with van der Waals surface area (Å²) in [6.45, 7) is 7.11. The molecule has 1 aliphatic rings. The number of hydrogen-bond acceptors (Lipinski definition) is 0. The number of rotatable bonds is 1. The molecule has 0 heterocycles. The maximum atomic E-state index is 7.11. The normalized spacial score (nSPS) is 18.3.